The van der Waals surface area contributed by atoms with Gasteiger partial charge in [-0.05, 0) is 19.8 Å². The lowest BCUT2D eigenvalue weighted by molar-refractivity contribution is -0.00582. The highest BCUT2D eigenvalue weighted by Crippen LogP contribution is 2.26. The van der Waals surface area contributed by atoms with Crippen LogP contribution in [0.1, 0.15) is 60.6 Å². The van der Waals surface area contributed by atoms with Crippen LogP contribution in [0.4, 0.5) is 0 Å². The molecule has 2 aromatic rings. The topological polar surface area (TPSA) is 86.3 Å². The summed E-state index contributed by atoms with van der Waals surface area (Å²) in [7, 11) is 0. The first-order valence-electron chi connectivity index (χ1n) is 8.36. The normalized spacial score (nSPS) is 18.3. The zero-order valence-electron chi connectivity index (χ0n) is 14.3. The Kier molecular flexibility index (Phi) is 4.94. The van der Waals surface area contributed by atoms with E-state index in [-0.39, 0.29) is 11.9 Å². The van der Waals surface area contributed by atoms with Gasteiger partial charge < -0.3 is 14.2 Å². The lowest BCUT2D eigenvalue weighted by atomic mass is 10.1. The van der Waals surface area contributed by atoms with Crippen LogP contribution < -0.4 is 0 Å². The van der Waals surface area contributed by atoms with Gasteiger partial charge in [0.25, 0.3) is 5.91 Å². The number of carbonyl (C=O) groups is 1. The molecule has 1 unspecified atom stereocenters. The van der Waals surface area contributed by atoms with Crippen LogP contribution in [0.5, 0.6) is 0 Å². The van der Waals surface area contributed by atoms with Crippen molar-refractivity contribution in [3.8, 4) is 0 Å². The van der Waals surface area contributed by atoms with E-state index < -0.39 is 0 Å². The largest absolute Gasteiger partial charge is 0.377 e. The van der Waals surface area contributed by atoms with E-state index in [1.165, 1.54) is 6.39 Å². The van der Waals surface area contributed by atoms with Gasteiger partial charge in [-0.25, -0.2) is 0 Å². The minimum atomic E-state index is -0.333. The second-order valence-corrected chi connectivity index (χ2v) is 5.94. The second kappa shape index (κ2) is 7.12. The van der Waals surface area contributed by atoms with Gasteiger partial charge in [-0.3, -0.25) is 9.48 Å². The van der Waals surface area contributed by atoms with E-state index in [9.17, 15) is 4.79 Å². The van der Waals surface area contributed by atoms with E-state index in [0.29, 0.717) is 37.2 Å². The predicted octanol–water partition coefficient (Wildman–Crippen LogP) is 2.15. The van der Waals surface area contributed by atoms with Gasteiger partial charge in [-0.2, -0.15) is 10.1 Å². The SMILES string of the molecule is CCC(CC)n1ncc(C(=O)N2CCOCC2c2ncon2)c1C. The summed E-state index contributed by atoms with van der Waals surface area (Å²) in [6, 6.07) is -0.0230. The van der Waals surface area contributed by atoms with E-state index in [1.54, 1.807) is 11.1 Å². The first kappa shape index (κ1) is 16.6. The zero-order valence-corrected chi connectivity index (χ0v) is 14.3. The number of hydrogen-bond donors (Lipinski definition) is 0. The van der Waals surface area contributed by atoms with Crippen molar-refractivity contribution < 1.29 is 14.1 Å². The van der Waals surface area contributed by atoms with Gasteiger partial charge in [0.2, 0.25) is 6.39 Å². The average Bonchev–Trinajstić information content (AvgIpc) is 3.26. The molecule has 1 amide bonds. The van der Waals surface area contributed by atoms with Crippen molar-refractivity contribution in [2.75, 3.05) is 19.8 Å². The van der Waals surface area contributed by atoms with Crippen molar-refractivity contribution >= 4 is 5.91 Å². The number of rotatable bonds is 5. The van der Waals surface area contributed by atoms with Gasteiger partial charge in [-0.1, -0.05) is 19.0 Å². The fraction of sp³-hybridized carbons (Fsp3) is 0.625. The van der Waals surface area contributed by atoms with Crippen molar-refractivity contribution in [2.24, 2.45) is 0 Å². The third-order valence-electron chi connectivity index (χ3n) is 4.63. The Morgan fingerprint density at radius 3 is 2.88 bits per heavy atom. The summed E-state index contributed by atoms with van der Waals surface area (Å²) >= 11 is 0. The van der Waals surface area contributed by atoms with Gasteiger partial charge in [0.1, 0.15) is 6.04 Å². The number of morpholine rings is 1. The molecule has 1 aliphatic heterocycles. The Hall–Kier alpha value is -2.22. The molecule has 0 aromatic carbocycles. The van der Waals surface area contributed by atoms with Gasteiger partial charge in [-0.15, -0.1) is 0 Å². The molecule has 1 atom stereocenters. The number of ether oxygens (including phenoxy) is 1. The Morgan fingerprint density at radius 2 is 2.21 bits per heavy atom. The first-order chi connectivity index (χ1) is 11.7. The van der Waals surface area contributed by atoms with E-state index >= 15 is 0 Å². The summed E-state index contributed by atoms with van der Waals surface area (Å²) in [5.41, 5.74) is 1.52. The molecule has 0 saturated carbocycles. The summed E-state index contributed by atoms with van der Waals surface area (Å²) in [5, 5.41) is 8.32. The Balaban J connectivity index is 1.87. The maximum atomic E-state index is 13.1. The highest BCUT2D eigenvalue weighted by molar-refractivity contribution is 5.95. The molecule has 24 heavy (non-hydrogen) atoms. The zero-order chi connectivity index (χ0) is 17.1. The maximum Gasteiger partial charge on any atom is 0.258 e. The molecule has 0 bridgehead atoms. The van der Waals surface area contributed by atoms with Crippen molar-refractivity contribution in [1.82, 2.24) is 24.8 Å². The van der Waals surface area contributed by atoms with Crippen molar-refractivity contribution in [3.63, 3.8) is 0 Å². The van der Waals surface area contributed by atoms with Crippen LogP contribution >= 0.6 is 0 Å². The molecule has 0 N–H and O–H groups in total. The molecular weight excluding hydrogens is 310 g/mol. The molecule has 1 saturated heterocycles. The lowest BCUT2D eigenvalue weighted by Crippen LogP contribution is -2.44. The Bertz CT molecular complexity index is 678. The van der Waals surface area contributed by atoms with E-state index in [2.05, 4.69) is 29.1 Å². The summed E-state index contributed by atoms with van der Waals surface area (Å²) in [4.78, 5) is 18.9. The van der Waals surface area contributed by atoms with Crippen molar-refractivity contribution in [1.29, 1.82) is 0 Å². The maximum absolute atomic E-state index is 13.1. The lowest BCUT2D eigenvalue weighted by Gasteiger charge is -2.33. The minimum Gasteiger partial charge on any atom is -0.377 e. The van der Waals surface area contributed by atoms with Crippen molar-refractivity contribution in [3.05, 3.63) is 29.7 Å². The molecule has 3 rings (SSSR count). The van der Waals surface area contributed by atoms with E-state index in [4.69, 9.17) is 9.26 Å². The second-order valence-electron chi connectivity index (χ2n) is 5.94. The van der Waals surface area contributed by atoms with E-state index in [0.717, 1.165) is 18.5 Å². The van der Waals surface area contributed by atoms with Crippen molar-refractivity contribution in [2.45, 2.75) is 45.7 Å². The molecule has 8 nitrogen and oxygen atoms in total. The molecule has 130 valence electrons. The number of hydrogen-bond acceptors (Lipinski definition) is 6. The number of amides is 1. The van der Waals surface area contributed by atoms with Crippen LogP contribution in [0.25, 0.3) is 0 Å². The average molecular weight is 333 g/mol. The first-order valence-corrected chi connectivity index (χ1v) is 8.36. The highest BCUT2D eigenvalue weighted by Gasteiger charge is 2.33. The van der Waals surface area contributed by atoms with Crippen LogP contribution in [0.3, 0.4) is 0 Å². The quantitative estimate of drug-likeness (QED) is 0.833. The molecule has 0 aliphatic carbocycles. The molecule has 8 heteroatoms. The molecular formula is C16H23N5O3. The fourth-order valence-corrected chi connectivity index (χ4v) is 3.18. The molecule has 1 fully saturated rings. The summed E-state index contributed by atoms with van der Waals surface area (Å²) < 4.78 is 12.3. The van der Waals surface area contributed by atoms with Gasteiger partial charge in [0, 0.05) is 12.2 Å². The summed E-state index contributed by atoms with van der Waals surface area (Å²) in [6.45, 7) is 7.57. The number of aromatic nitrogens is 4. The van der Waals surface area contributed by atoms with Crippen LogP contribution in [0.15, 0.2) is 17.1 Å². The number of carbonyl (C=O) groups excluding carboxylic acids is 1. The van der Waals surface area contributed by atoms with Crippen LogP contribution in [0.2, 0.25) is 0 Å². The predicted molar refractivity (Wildman–Crippen MR) is 85.5 cm³/mol. The van der Waals surface area contributed by atoms with Crippen LogP contribution in [-0.4, -0.2) is 50.5 Å². The van der Waals surface area contributed by atoms with E-state index in [1.807, 2.05) is 11.6 Å². The van der Waals surface area contributed by atoms with Gasteiger partial charge >= 0.3 is 0 Å². The third-order valence-corrected chi connectivity index (χ3v) is 4.63. The molecule has 2 aromatic heterocycles. The Morgan fingerprint density at radius 1 is 1.42 bits per heavy atom. The fourth-order valence-electron chi connectivity index (χ4n) is 3.18. The minimum absolute atomic E-state index is 0.0668. The third kappa shape index (κ3) is 2.93. The van der Waals surface area contributed by atoms with Gasteiger partial charge in [0.15, 0.2) is 5.82 Å². The van der Waals surface area contributed by atoms with Crippen LogP contribution in [0, 0.1) is 6.92 Å². The molecule has 3 heterocycles. The van der Waals surface area contributed by atoms with Gasteiger partial charge in [0.05, 0.1) is 31.0 Å². The van der Waals surface area contributed by atoms with Crippen LogP contribution in [-0.2, 0) is 4.74 Å². The smallest absolute Gasteiger partial charge is 0.258 e. The monoisotopic (exact) mass is 333 g/mol. The Labute approximate surface area is 140 Å². The summed E-state index contributed by atoms with van der Waals surface area (Å²) in [5.74, 6) is 0.399. The molecule has 0 spiro atoms. The number of nitrogens with zero attached hydrogens (tertiary/aromatic N) is 5. The summed E-state index contributed by atoms with van der Waals surface area (Å²) in [6.07, 6.45) is 4.90. The molecule has 1 aliphatic rings. The standard InChI is InChI=1S/C16H23N5O3/c1-4-12(5-2)21-11(3)13(8-18-21)16(22)20-6-7-23-9-14(20)15-17-10-24-19-15/h8,10,12,14H,4-7,9H2,1-3H3. The highest BCUT2D eigenvalue weighted by atomic mass is 16.5. The molecule has 0 radical (unpaired) electrons.